The number of phenolic OH excluding ortho intramolecular Hbond substituents is 1. The minimum absolute atomic E-state index is 0.234. The first-order valence-corrected chi connectivity index (χ1v) is 13.0. The highest BCUT2D eigenvalue weighted by Crippen LogP contribution is 2.48. The van der Waals surface area contributed by atoms with Gasteiger partial charge < -0.3 is 25.7 Å². The molecule has 0 spiro atoms. The van der Waals surface area contributed by atoms with E-state index < -0.39 is 52.8 Å². The number of benzene rings is 4. The molecule has 15 heteroatoms. The van der Waals surface area contributed by atoms with Crippen LogP contribution in [0.4, 0.5) is 34.1 Å². The van der Waals surface area contributed by atoms with E-state index in [0.29, 0.717) is 5.69 Å². The second kappa shape index (κ2) is 9.55. The van der Waals surface area contributed by atoms with Gasteiger partial charge in [0.1, 0.15) is 31.6 Å². The summed E-state index contributed by atoms with van der Waals surface area (Å²) < 4.78 is 71.8. The first-order valence-electron chi connectivity index (χ1n) is 10.1. The highest BCUT2D eigenvalue weighted by Gasteiger charge is 2.24. The van der Waals surface area contributed by atoms with Gasteiger partial charge >= 0.3 is 0 Å². The summed E-state index contributed by atoms with van der Waals surface area (Å²) in [7, 11) is -10.5. The van der Waals surface area contributed by atoms with E-state index in [1.54, 1.807) is 18.2 Å². The molecule has 0 heterocycles. The van der Waals surface area contributed by atoms with Gasteiger partial charge in [-0.05, 0) is 53.9 Å². The van der Waals surface area contributed by atoms with Crippen LogP contribution in [0.25, 0.3) is 10.8 Å². The van der Waals surface area contributed by atoms with E-state index in [2.05, 4.69) is 20.5 Å². The van der Waals surface area contributed by atoms with Crippen molar-refractivity contribution in [2.45, 2.75) is 9.79 Å². The first-order chi connectivity index (χ1) is 17.4. The number of nitrogens with zero attached hydrogens (tertiary/aromatic N) is 4. The molecule has 0 unspecified atom stereocenters. The summed E-state index contributed by atoms with van der Waals surface area (Å²) in [5.41, 5.74) is 10.8. The molecule has 4 rings (SSSR count). The number of phenols is 1. The molecule has 0 fully saturated rings. The van der Waals surface area contributed by atoms with Crippen LogP contribution >= 0.6 is 0 Å². The van der Waals surface area contributed by atoms with E-state index in [1.165, 1.54) is 36.4 Å². The molecule has 0 atom stereocenters. The van der Waals surface area contributed by atoms with Gasteiger partial charge in [-0.15, -0.1) is 10.2 Å². The molecule has 37 heavy (non-hydrogen) atoms. The van der Waals surface area contributed by atoms with E-state index in [0.717, 1.165) is 12.1 Å². The van der Waals surface area contributed by atoms with Gasteiger partial charge in [-0.3, -0.25) is 0 Å². The van der Waals surface area contributed by atoms with Gasteiger partial charge in [-0.2, -0.15) is 10.2 Å². The number of aromatic hydroxyl groups is 1. The van der Waals surface area contributed by atoms with Crippen LogP contribution in [0.15, 0.2) is 97.0 Å². The Morgan fingerprint density at radius 3 is 1.70 bits per heavy atom. The van der Waals surface area contributed by atoms with Crippen LogP contribution in [-0.4, -0.2) is 31.0 Å². The Labute approximate surface area is 210 Å². The third-order valence-corrected chi connectivity index (χ3v) is 6.73. The highest BCUT2D eigenvalue weighted by atomic mass is 32.2. The fourth-order valence-electron chi connectivity index (χ4n) is 3.34. The van der Waals surface area contributed by atoms with Crippen LogP contribution in [0.2, 0.25) is 0 Å². The van der Waals surface area contributed by atoms with Gasteiger partial charge in [0.2, 0.25) is 0 Å². The molecule has 0 saturated heterocycles. The zero-order valence-corrected chi connectivity index (χ0v) is 20.1. The van der Waals surface area contributed by atoms with Crippen molar-refractivity contribution in [2.75, 3.05) is 11.5 Å². The van der Waals surface area contributed by atoms with Crippen molar-refractivity contribution < 1.29 is 31.0 Å². The Morgan fingerprint density at radius 2 is 1.16 bits per heavy atom. The van der Waals surface area contributed by atoms with Crippen molar-refractivity contribution in [3.63, 3.8) is 0 Å². The summed E-state index contributed by atoms with van der Waals surface area (Å²) in [4.78, 5) is -1.97. The predicted molar refractivity (Wildman–Crippen MR) is 132 cm³/mol. The lowest BCUT2D eigenvalue weighted by Gasteiger charge is -2.18. The fraction of sp³-hybridized carbons (Fsp3) is 0. The largest absolute Gasteiger partial charge is 0.744 e. The van der Waals surface area contributed by atoms with E-state index in [1.807, 2.05) is 0 Å². The van der Waals surface area contributed by atoms with E-state index >= 15 is 0 Å². The van der Waals surface area contributed by atoms with Gasteiger partial charge in [0.25, 0.3) is 0 Å². The molecule has 0 bridgehead atoms. The van der Waals surface area contributed by atoms with E-state index in [-0.39, 0.29) is 22.1 Å². The molecule has 0 aromatic heterocycles. The maximum Gasteiger partial charge on any atom is 0.154 e. The maximum absolute atomic E-state index is 12.0. The molecular weight excluding hydrogens is 524 g/mol. The molecule has 0 aliphatic carbocycles. The number of fused-ring (bicyclic) bond motifs is 1. The second-order valence-electron chi connectivity index (χ2n) is 7.54. The topological polar surface area (TPSA) is 236 Å². The Bertz CT molecular complexity index is 1790. The Kier molecular flexibility index (Phi) is 6.62. The van der Waals surface area contributed by atoms with Crippen LogP contribution in [-0.2, 0) is 20.2 Å². The summed E-state index contributed by atoms with van der Waals surface area (Å²) in [5.74, 6) is -0.900. The van der Waals surface area contributed by atoms with E-state index in [9.17, 15) is 31.0 Å². The lowest BCUT2D eigenvalue weighted by molar-refractivity contribution is 0.458. The standard InChI is InChI=1S/C22H18N6O7S2/c23-13-6-8-15(9-7-13)26-27-20-16(36(30,31)32)10-12-11-17(37(33,34)35)21(22(29)18(12)19(20)24)28-25-14-4-2-1-3-5-14/h1-11,29H,23-24H2,(H,30,31,32)(H,33,34,35)/p-2. The number of hydrogen-bond acceptors (Lipinski definition) is 13. The third kappa shape index (κ3) is 5.39. The number of rotatable bonds is 6. The SMILES string of the molecule is Nc1ccc(N=Nc2c(S(=O)(=O)[O-])cc3cc(S(=O)(=O)[O-])c(N=Nc4ccccc4)c(O)c3c2N)cc1. The van der Waals surface area contributed by atoms with Gasteiger partial charge in [-0.25, -0.2) is 16.8 Å². The van der Waals surface area contributed by atoms with Crippen LogP contribution in [0.5, 0.6) is 5.75 Å². The molecule has 0 aliphatic heterocycles. The summed E-state index contributed by atoms with van der Waals surface area (Å²) >= 11 is 0. The highest BCUT2D eigenvalue weighted by molar-refractivity contribution is 7.86. The molecule has 13 nitrogen and oxygen atoms in total. The molecule has 4 aromatic carbocycles. The minimum Gasteiger partial charge on any atom is -0.744 e. The minimum atomic E-state index is -5.26. The summed E-state index contributed by atoms with van der Waals surface area (Å²) in [6.45, 7) is 0. The number of nitrogens with two attached hydrogens (primary N) is 2. The van der Waals surface area contributed by atoms with Crippen LogP contribution < -0.4 is 11.5 Å². The number of hydrogen-bond donors (Lipinski definition) is 3. The fourth-order valence-corrected chi connectivity index (χ4v) is 4.65. The molecule has 4 aromatic rings. The molecular formula is C22H16N6O7S2-2. The Morgan fingerprint density at radius 1 is 0.676 bits per heavy atom. The van der Waals surface area contributed by atoms with Gasteiger partial charge in [0.15, 0.2) is 5.75 Å². The number of nitrogen functional groups attached to an aromatic ring is 2. The van der Waals surface area contributed by atoms with Gasteiger partial charge in [0, 0.05) is 5.69 Å². The Hall–Kier alpha value is -4.44. The van der Waals surface area contributed by atoms with Crippen LogP contribution in [0, 0.1) is 0 Å². The van der Waals surface area contributed by atoms with Crippen LogP contribution in [0.3, 0.4) is 0 Å². The van der Waals surface area contributed by atoms with Crippen molar-refractivity contribution in [2.24, 2.45) is 20.5 Å². The van der Waals surface area contributed by atoms with Crippen molar-refractivity contribution in [1.82, 2.24) is 0 Å². The predicted octanol–water partition coefficient (Wildman–Crippen LogP) is 4.35. The number of azo groups is 2. The van der Waals surface area contributed by atoms with Crippen molar-refractivity contribution in [3.8, 4) is 5.75 Å². The van der Waals surface area contributed by atoms with E-state index in [4.69, 9.17) is 11.5 Å². The maximum atomic E-state index is 12.0. The smallest absolute Gasteiger partial charge is 0.154 e. The zero-order valence-electron chi connectivity index (χ0n) is 18.5. The first kappa shape index (κ1) is 25.6. The lowest BCUT2D eigenvalue weighted by atomic mass is 10.1. The molecule has 5 N–H and O–H groups in total. The van der Waals surface area contributed by atoms with Crippen molar-refractivity contribution >= 4 is 65.1 Å². The summed E-state index contributed by atoms with van der Waals surface area (Å²) in [5, 5.41) is 25.5. The molecule has 190 valence electrons. The number of anilines is 2. The van der Waals surface area contributed by atoms with Gasteiger partial charge in [0.05, 0.1) is 32.2 Å². The average Bonchev–Trinajstić information content (AvgIpc) is 2.82. The Balaban J connectivity index is 2.03. The second-order valence-corrected chi connectivity index (χ2v) is 10.2. The zero-order chi connectivity index (χ0) is 27.0. The molecule has 0 aliphatic rings. The lowest BCUT2D eigenvalue weighted by Crippen LogP contribution is -2.04. The van der Waals surface area contributed by atoms with Gasteiger partial charge in [-0.1, -0.05) is 18.2 Å². The normalized spacial score (nSPS) is 12.6. The average molecular weight is 541 g/mol. The molecule has 0 radical (unpaired) electrons. The van der Waals surface area contributed by atoms with Crippen molar-refractivity contribution in [1.29, 1.82) is 0 Å². The quantitative estimate of drug-likeness (QED) is 0.179. The third-order valence-electron chi connectivity index (χ3n) is 5.03. The van der Waals surface area contributed by atoms with Crippen LogP contribution in [0.1, 0.15) is 0 Å². The summed E-state index contributed by atoms with van der Waals surface area (Å²) in [6, 6.07) is 15.4. The molecule has 0 saturated carbocycles. The van der Waals surface area contributed by atoms with Crippen molar-refractivity contribution in [3.05, 3.63) is 66.7 Å². The monoisotopic (exact) mass is 540 g/mol. The summed E-state index contributed by atoms with van der Waals surface area (Å²) in [6.07, 6.45) is 0. The molecule has 0 amide bonds.